The van der Waals surface area contributed by atoms with E-state index in [2.05, 4.69) is 4.98 Å². The van der Waals surface area contributed by atoms with Gasteiger partial charge in [0, 0.05) is 13.6 Å². The number of hydrogen-bond acceptors (Lipinski definition) is 5. The molecule has 6 heteroatoms. The lowest BCUT2D eigenvalue weighted by molar-refractivity contribution is 0.0601. The number of esters is 1. The fraction of sp³-hybridized carbons (Fsp3) is 0.200. The average molecular weight is 289 g/mol. The van der Waals surface area contributed by atoms with Gasteiger partial charge in [0.05, 0.1) is 19.0 Å². The van der Waals surface area contributed by atoms with E-state index >= 15 is 0 Å². The molecule has 0 amide bonds. The second kappa shape index (κ2) is 6.21. The lowest BCUT2D eigenvalue weighted by atomic mass is 10.2. The molecule has 0 spiro atoms. The van der Waals surface area contributed by atoms with Gasteiger partial charge in [-0.15, -0.1) is 0 Å². The third-order valence-electron chi connectivity index (χ3n) is 2.99. The zero-order chi connectivity index (χ0) is 15.4. The van der Waals surface area contributed by atoms with E-state index in [1.165, 1.54) is 31.5 Å². The van der Waals surface area contributed by atoms with Gasteiger partial charge in [0.15, 0.2) is 0 Å². The Balaban J connectivity index is 2.28. The fourth-order valence-electron chi connectivity index (χ4n) is 1.98. The van der Waals surface area contributed by atoms with Gasteiger partial charge in [0.25, 0.3) is 0 Å². The summed E-state index contributed by atoms with van der Waals surface area (Å²) in [5.41, 5.74) is 7.23. The van der Waals surface area contributed by atoms with E-state index in [9.17, 15) is 9.18 Å². The lowest BCUT2D eigenvalue weighted by Crippen LogP contribution is -2.21. The van der Waals surface area contributed by atoms with Crippen LogP contribution in [0.5, 0.6) is 0 Å². The molecule has 2 rings (SSSR count). The number of benzene rings is 1. The molecule has 0 unspecified atom stereocenters. The summed E-state index contributed by atoms with van der Waals surface area (Å²) in [5.74, 6) is -0.335. The van der Waals surface area contributed by atoms with E-state index in [0.717, 1.165) is 5.56 Å². The number of ether oxygens (including phenoxy) is 1. The van der Waals surface area contributed by atoms with Gasteiger partial charge in [-0.1, -0.05) is 12.1 Å². The summed E-state index contributed by atoms with van der Waals surface area (Å²) in [4.78, 5) is 17.8. The molecular formula is C15H16FN3O2. The smallest absolute Gasteiger partial charge is 0.341 e. The van der Waals surface area contributed by atoms with Gasteiger partial charge in [-0.25, -0.2) is 14.2 Å². The number of aromatic nitrogens is 1. The Bertz CT molecular complexity index is 644. The molecule has 0 aliphatic carbocycles. The molecule has 0 saturated carbocycles. The van der Waals surface area contributed by atoms with Gasteiger partial charge in [0.1, 0.15) is 17.2 Å². The van der Waals surface area contributed by atoms with Gasteiger partial charge < -0.3 is 15.4 Å². The fourth-order valence-corrected chi connectivity index (χ4v) is 1.98. The summed E-state index contributed by atoms with van der Waals surface area (Å²) in [6.45, 7) is 0.473. The van der Waals surface area contributed by atoms with Gasteiger partial charge in [-0.05, 0) is 23.8 Å². The van der Waals surface area contributed by atoms with Crippen LogP contribution in [-0.2, 0) is 11.3 Å². The minimum Gasteiger partial charge on any atom is -0.465 e. The van der Waals surface area contributed by atoms with E-state index < -0.39 is 5.97 Å². The largest absolute Gasteiger partial charge is 0.465 e. The van der Waals surface area contributed by atoms with Crippen LogP contribution >= 0.6 is 0 Å². The van der Waals surface area contributed by atoms with Crippen LogP contribution in [0.3, 0.4) is 0 Å². The molecule has 0 aliphatic rings. The molecule has 0 bridgehead atoms. The molecule has 0 aliphatic heterocycles. The Morgan fingerprint density at radius 1 is 1.38 bits per heavy atom. The Kier molecular flexibility index (Phi) is 4.37. The number of pyridine rings is 1. The second-order valence-electron chi connectivity index (χ2n) is 4.61. The summed E-state index contributed by atoms with van der Waals surface area (Å²) in [7, 11) is 3.09. The highest BCUT2D eigenvalue weighted by molar-refractivity contribution is 5.95. The predicted octanol–water partition coefficient (Wildman–Crippen LogP) is 2.23. The molecule has 1 heterocycles. The summed E-state index contributed by atoms with van der Waals surface area (Å²) in [5, 5.41) is 0. The van der Waals surface area contributed by atoms with Crippen LogP contribution in [0, 0.1) is 5.82 Å². The quantitative estimate of drug-likeness (QED) is 0.874. The van der Waals surface area contributed by atoms with Gasteiger partial charge in [-0.3, -0.25) is 0 Å². The number of methoxy groups -OCH3 is 1. The van der Waals surface area contributed by atoms with Crippen molar-refractivity contribution in [1.29, 1.82) is 0 Å². The van der Waals surface area contributed by atoms with Crippen molar-refractivity contribution < 1.29 is 13.9 Å². The number of nitrogens with two attached hydrogens (primary N) is 1. The maximum absolute atomic E-state index is 12.9. The van der Waals surface area contributed by atoms with Crippen molar-refractivity contribution >= 4 is 17.5 Å². The highest BCUT2D eigenvalue weighted by atomic mass is 19.1. The van der Waals surface area contributed by atoms with Crippen LogP contribution in [0.4, 0.5) is 15.9 Å². The number of hydrogen-bond donors (Lipinski definition) is 1. The highest BCUT2D eigenvalue weighted by Crippen LogP contribution is 2.21. The van der Waals surface area contributed by atoms with Crippen LogP contribution in [0.2, 0.25) is 0 Å². The van der Waals surface area contributed by atoms with E-state index in [1.807, 2.05) is 0 Å². The number of rotatable bonds is 4. The summed E-state index contributed by atoms with van der Waals surface area (Å²) in [6, 6.07) is 7.67. The zero-order valence-corrected chi connectivity index (χ0v) is 11.8. The van der Waals surface area contributed by atoms with Crippen molar-refractivity contribution in [1.82, 2.24) is 4.98 Å². The number of carbonyl (C=O) groups excluding carboxylic acids is 1. The summed E-state index contributed by atoms with van der Waals surface area (Å²) >= 11 is 0. The number of nitrogens with zero attached hydrogens (tertiary/aromatic N) is 2. The Hall–Kier alpha value is -2.63. The van der Waals surface area contributed by atoms with E-state index in [1.54, 1.807) is 24.1 Å². The molecule has 110 valence electrons. The standard InChI is InChI=1S/C15H16FN3O2/c1-19(9-10-3-5-11(16)6-4-10)14-13(15(20)21-2)7-12(17)8-18-14/h3-8H,9,17H2,1-2H3. The van der Waals surface area contributed by atoms with Crippen molar-refractivity contribution in [3.8, 4) is 0 Å². The highest BCUT2D eigenvalue weighted by Gasteiger charge is 2.17. The molecule has 0 fully saturated rings. The molecule has 1 aromatic carbocycles. The number of anilines is 2. The summed E-state index contributed by atoms with van der Waals surface area (Å²) < 4.78 is 17.6. The third kappa shape index (κ3) is 3.47. The van der Waals surface area contributed by atoms with Crippen LogP contribution in [0.25, 0.3) is 0 Å². The van der Waals surface area contributed by atoms with E-state index in [4.69, 9.17) is 10.5 Å². The van der Waals surface area contributed by atoms with Crippen LogP contribution in [0.15, 0.2) is 36.5 Å². The average Bonchev–Trinajstić information content (AvgIpc) is 2.48. The Morgan fingerprint density at radius 2 is 2.05 bits per heavy atom. The predicted molar refractivity (Wildman–Crippen MR) is 78.5 cm³/mol. The minimum atomic E-state index is -0.504. The monoisotopic (exact) mass is 289 g/mol. The molecule has 0 atom stereocenters. The first kappa shape index (κ1) is 14.8. The topological polar surface area (TPSA) is 68.5 Å². The van der Waals surface area contributed by atoms with Crippen molar-refractivity contribution in [3.05, 3.63) is 53.5 Å². The molecule has 0 saturated heterocycles. The van der Waals surface area contributed by atoms with Crippen molar-refractivity contribution in [3.63, 3.8) is 0 Å². The second-order valence-corrected chi connectivity index (χ2v) is 4.61. The first-order chi connectivity index (χ1) is 10.0. The number of halogens is 1. The van der Waals surface area contributed by atoms with Crippen molar-refractivity contribution in [2.75, 3.05) is 24.8 Å². The number of nitrogen functional groups attached to an aromatic ring is 1. The minimum absolute atomic E-state index is 0.290. The molecule has 1 aromatic heterocycles. The van der Waals surface area contributed by atoms with Crippen LogP contribution in [-0.4, -0.2) is 25.1 Å². The number of carbonyl (C=O) groups is 1. The van der Waals surface area contributed by atoms with Crippen LogP contribution in [0.1, 0.15) is 15.9 Å². The van der Waals surface area contributed by atoms with E-state index in [-0.39, 0.29) is 5.82 Å². The zero-order valence-electron chi connectivity index (χ0n) is 11.8. The van der Waals surface area contributed by atoms with Crippen molar-refractivity contribution in [2.45, 2.75) is 6.54 Å². The van der Waals surface area contributed by atoms with Crippen LogP contribution < -0.4 is 10.6 Å². The Morgan fingerprint density at radius 3 is 2.67 bits per heavy atom. The first-order valence-corrected chi connectivity index (χ1v) is 6.30. The van der Waals surface area contributed by atoms with Gasteiger partial charge >= 0.3 is 5.97 Å². The van der Waals surface area contributed by atoms with Gasteiger partial charge in [-0.2, -0.15) is 0 Å². The normalized spacial score (nSPS) is 10.2. The lowest BCUT2D eigenvalue weighted by Gasteiger charge is -2.20. The third-order valence-corrected chi connectivity index (χ3v) is 2.99. The molecule has 2 N–H and O–H groups in total. The maximum Gasteiger partial charge on any atom is 0.341 e. The van der Waals surface area contributed by atoms with Crippen molar-refractivity contribution in [2.24, 2.45) is 0 Å². The summed E-state index contributed by atoms with van der Waals surface area (Å²) in [6.07, 6.45) is 1.48. The SMILES string of the molecule is COC(=O)c1cc(N)cnc1N(C)Cc1ccc(F)cc1. The van der Waals surface area contributed by atoms with E-state index in [0.29, 0.717) is 23.6 Å². The first-order valence-electron chi connectivity index (χ1n) is 6.30. The maximum atomic E-state index is 12.9. The molecule has 5 nitrogen and oxygen atoms in total. The molecular weight excluding hydrogens is 273 g/mol. The molecule has 0 radical (unpaired) electrons. The Labute approximate surface area is 122 Å². The molecule has 2 aromatic rings. The molecule has 21 heavy (non-hydrogen) atoms. The van der Waals surface area contributed by atoms with Gasteiger partial charge in [0.2, 0.25) is 0 Å².